The van der Waals surface area contributed by atoms with Crippen molar-refractivity contribution in [3.8, 4) is 0 Å². The minimum absolute atomic E-state index is 0.111. The van der Waals surface area contributed by atoms with Crippen LogP contribution >= 0.6 is 23.5 Å². The maximum Gasteiger partial charge on any atom is 0.356 e. The molecule has 0 aromatic heterocycles. The first-order chi connectivity index (χ1) is 15.5. The standard InChI is InChI=1S/C23H25NO6S2/c1-5-29-20(25)16-17-15-11-9-8-10-14(15)12-13-24(17)18(21(26)28-4)23(31-7-3)32-19(16)22(27)30-6-2/h8-13,17H,5-7H2,1-4H3. The number of carbonyl (C=O) groups excluding carboxylic acids is 3. The highest BCUT2D eigenvalue weighted by molar-refractivity contribution is 8.24. The molecular weight excluding hydrogens is 450 g/mol. The third kappa shape index (κ3) is 4.59. The first-order valence-electron chi connectivity index (χ1n) is 10.2. The molecule has 0 aliphatic carbocycles. The fourth-order valence-corrected chi connectivity index (χ4v) is 5.85. The normalized spacial score (nSPS) is 17.4. The molecule has 1 unspecified atom stereocenters. The number of hydrogen-bond donors (Lipinski definition) is 0. The molecule has 0 saturated heterocycles. The summed E-state index contributed by atoms with van der Waals surface area (Å²) in [6, 6.07) is 6.77. The van der Waals surface area contributed by atoms with Crippen LogP contribution in [0.4, 0.5) is 0 Å². The highest BCUT2D eigenvalue weighted by atomic mass is 32.2. The van der Waals surface area contributed by atoms with E-state index < -0.39 is 23.9 Å². The zero-order valence-electron chi connectivity index (χ0n) is 18.4. The van der Waals surface area contributed by atoms with E-state index in [-0.39, 0.29) is 29.4 Å². The van der Waals surface area contributed by atoms with E-state index in [1.807, 2.05) is 37.3 Å². The summed E-state index contributed by atoms with van der Waals surface area (Å²) in [6.07, 6.45) is 3.61. The average molecular weight is 476 g/mol. The molecular formula is C23H25NO6S2. The van der Waals surface area contributed by atoms with E-state index in [0.717, 1.165) is 22.9 Å². The highest BCUT2D eigenvalue weighted by Crippen LogP contribution is 2.50. The lowest BCUT2D eigenvalue weighted by molar-refractivity contribution is -0.142. The number of nitrogens with zero attached hydrogens (tertiary/aromatic N) is 1. The Kier molecular flexibility index (Phi) is 8.09. The topological polar surface area (TPSA) is 82.1 Å². The van der Waals surface area contributed by atoms with Crippen molar-refractivity contribution in [1.82, 2.24) is 4.90 Å². The van der Waals surface area contributed by atoms with Crippen molar-refractivity contribution >= 4 is 47.5 Å². The third-order valence-corrected chi connectivity index (χ3v) is 7.08. The number of methoxy groups -OCH3 is 1. The average Bonchev–Trinajstić information content (AvgIpc) is 2.94. The summed E-state index contributed by atoms with van der Waals surface area (Å²) in [4.78, 5) is 41.1. The molecule has 9 heteroatoms. The van der Waals surface area contributed by atoms with E-state index >= 15 is 0 Å². The van der Waals surface area contributed by atoms with Crippen molar-refractivity contribution < 1.29 is 28.6 Å². The fourth-order valence-electron chi connectivity index (χ4n) is 3.51. The molecule has 2 heterocycles. The first kappa shape index (κ1) is 24.0. The number of hydrogen-bond acceptors (Lipinski definition) is 9. The largest absolute Gasteiger partial charge is 0.464 e. The first-order valence-corrected chi connectivity index (χ1v) is 12.1. The van der Waals surface area contributed by atoms with Gasteiger partial charge >= 0.3 is 17.9 Å². The second-order valence-corrected chi connectivity index (χ2v) is 9.15. The zero-order valence-corrected chi connectivity index (χ0v) is 20.0. The molecule has 1 aromatic rings. The van der Waals surface area contributed by atoms with Gasteiger partial charge in [-0.15, -0.1) is 11.8 Å². The quantitative estimate of drug-likeness (QED) is 0.425. The van der Waals surface area contributed by atoms with Crippen LogP contribution in [0.25, 0.3) is 6.08 Å². The van der Waals surface area contributed by atoms with Gasteiger partial charge in [-0.3, -0.25) is 0 Å². The summed E-state index contributed by atoms with van der Waals surface area (Å²) in [5.41, 5.74) is 2.05. The van der Waals surface area contributed by atoms with Gasteiger partial charge in [-0.05, 0) is 36.8 Å². The molecule has 0 radical (unpaired) electrons. The van der Waals surface area contributed by atoms with Crippen molar-refractivity contribution in [1.29, 1.82) is 0 Å². The van der Waals surface area contributed by atoms with Gasteiger partial charge in [0.15, 0.2) is 0 Å². The Morgan fingerprint density at radius 2 is 1.72 bits per heavy atom. The monoisotopic (exact) mass is 475 g/mol. The van der Waals surface area contributed by atoms with Gasteiger partial charge in [0, 0.05) is 6.20 Å². The van der Waals surface area contributed by atoms with Crippen LogP contribution in [-0.4, -0.2) is 48.9 Å². The number of thioether (sulfide) groups is 2. The van der Waals surface area contributed by atoms with Gasteiger partial charge in [0.25, 0.3) is 0 Å². The lowest BCUT2D eigenvalue weighted by Gasteiger charge is -2.35. The van der Waals surface area contributed by atoms with Gasteiger partial charge in [-0.2, -0.15) is 0 Å². The van der Waals surface area contributed by atoms with Crippen molar-refractivity contribution in [2.24, 2.45) is 0 Å². The Labute approximate surface area is 195 Å². The third-order valence-electron chi connectivity index (χ3n) is 4.76. The number of ether oxygens (including phenoxy) is 3. The summed E-state index contributed by atoms with van der Waals surface area (Å²) in [5.74, 6) is -1.18. The Balaban J connectivity index is 2.37. The maximum absolute atomic E-state index is 13.3. The molecule has 0 fully saturated rings. The summed E-state index contributed by atoms with van der Waals surface area (Å²) < 4.78 is 16.3. The van der Waals surface area contributed by atoms with Crippen LogP contribution in [0.3, 0.4) is 0 Å². The summed E-state index contributed by atoms with van der Waals surface area (Å²) >= 11 is 2.44. The van der Waals surface area contributed by atoms with Crippen LogP contribution in [0, 0.1) is 0 Å². The predicted molar refractivity (Wildman–Crippen MR) is 125 cm³/mol. The van der Waals surface area contributed by atoms with Crippen LogP contribution in [-0.2, 0) is 28.6 Å². The van der Waals surface area contributed by atoms with E-state index in [9.17, 15) is 14.4 Å². The second-order valence-electron chi connectivity index (χ2n) is 6.60. The smallest absolute Gasteiger partial charge is 0.356 e. The summed E-state index contributed by atoms with van der Waals surface area (Å²) in [6.45, 7) is 5.63. The molecule has 32 heavy (non-hydrogen) atoms. The van der Waals surface area contributed by atoms with E-state index in [2.05, 4.69) is 0 Å². The summed E-state index contributed by atoms with van der Waals surface area (Å²) in [7, 11) is 1.31. The van der Waals surface area contributed by atoms with Crippen LogP contribution in [0.2, 0.25) is 0 Å². The van der Waals surface area contributed by atoms with E-state index in [0.29, 0.717) is 9.99 Å². The van der Waals surface area contributed by atoms with E-state index in [4.69, 9.17) is 14.2 Å². The minimum atomic E-state index is -0.758. The Hall–Kier alpha value is -2.65. The molecule has 0 bridgehead atoms. The van der Waals surface area contributed by atoms with E-state index in [1.54, 1.807) is 24.9 Å². The molecule has 2 aliphatic heterocycles. The lowest BCUT2D eigenvalue weighted by atomic mass is 9.89. The molecule has 1 atom stereocenters. The Morgan fingerprint density at radius 1 is 1.03 bits per heavy atom. The molecule has 0 spiro atoms. The molecule has 0 N–H and O–H groups in total. The SMILES string of the molecule is CCOC(=O)C1=C(C(=O)OCC)C2c3ccccc3C=CN2C(C(=O)OC)=C(SCC)S1. The summed E-state index contributed by atoms with van der Waals surface area (Å²) in [5, 5.41) is 0. The fraction of sp³-hybridized carbons (Fsp3) is 0.348. The van der Waals surface area contributed by atoms with Crippen LogP contribution in [0.1, 0.15) is 37.9 Å². The highest BCUT2D eigenvalue weighted by Gasteiger charge is 2.43. The Morgan fingerprint density at radius 3 is 2.38 bits per heavy atom. The second kappa shape index (κ2) is 10.8. The van der Waals surface area contributed by atoms with Gasteiger partial charge in [0.1, 0.15) is 10.6 Å². The van der Waals surface area contributed by atoms with Crippen LogP contribution < -0.4 is 0 Å². The van der Waals surface area contributed by atoms with E-state index in [1.165, 1.54) is 18.9 Å². The van der Waals surface area contributed by atoms with Gasteiger partial charge in [0.05, 0.1) is 36.2 Å². The van der Waals surface area contributed by atoms with Crippen molar-refractivity contribution in [2.45, 2.75) is 26.8 Å². The minimum Gasteiger partial charge on any atom is -0.464 e. The van der Waals surface area contributed by atoms with Gasteiger partial charge in [-0.25, -0.2) is 14.4 Å². The number of rotatable bonds is 7. The van der Waals surface area contributed by atoms with Crippen LogP contribution in [0.5, 0.6) is 0 Å². The van der Waals surface area contributed by atoms with Gasteiger partial charge in [-0.1, -0.05) is 43.0 Å². The Bertz CT molecular complexity index is 1010. The van der Waals surface area contributed by atoms with Crippen LogP contribution in [0.15, 0.2) is 50.9 Å². The molecule has 7 nitrogen and oxygen atoms in total. The molecule has 170 valence electrons. The van der Waals surface area contributed by atoms with Gasteiger partial charge in [0.2, 0.25) is 0 Å². The zero-order chi connectivity index (χ0) is 23.3. The van der Waals surface area contributed by atoms with Crippen molar-refractivity contribution in [2.75, 3.05) is 26.1 Å². The molecule has 0 saturated carbocycles. The number of carbonyl (C=O) groups is 3. The van der Waals surface area contributed by atoms with Crippen molar-refractivity contribution in [3.05, 3.63) is 62.0 Å². The van der Waals surface area contributed by atoms with Crippen molar-refractivity contribution in [3.63, 3.8) is 0 Å². The lowest BCUT2D eigenvalue weighted by Crippen LogP contribution is -2.34. The number of esters is 3. The predicted octanol–water partition coefficient (Wildman–Crippen LogP) is 4.24. The molecule has 1 aromatic carbocycles. The number of benzene rings is 1. The molecule has 0 amide bonds. The molecule has 2 aliphatic rings. The van der Waals surface area contributed by atoms with Gasteiger partial charge < -0.3 is 19.1 Å². The number of fused-ring (bicyclic) bond motifs is 3. The maximum atomic E-state index is 13.3. The molecule has 3 rings (SSSR count).